The van der Waals surface area contributed by atoms with Crippen molar-refractivity contribution in [3.63, 3.8) is 0 Å². The van der Waals surface area contributed by atoms with E-state index in [-0.39, 0.29) is 35.4 Å². The Bertz CT molecular complexity index is 1910. The van der Waals surface area contributed by atoms with Gasteiger partial charge in [0.15, 0.2) is 0 Å². The normalized spacial score (nSPS) is 25.6. The molecule has 241 valence electrons. The smallest absolute Gasteiger partial charge is 0.674 e. The van der Waals surface area contributed by atoms with Crippen molar-refractivity contribution >= 4 is 29.5 Å². The molecule has 0 aliphatic carbocycles. The van der Waals surface area contributed by atoms with E-state index in [4.69, 9.17) is 25.0 Å². The molecule has 2 atom stereocenters. The summed E-state index contributed by atoms with van der Waals surface area (Å²) in [5.74, 6) is -0.605. The van der Waals surface area contributed by atoms with E-state index >= 15 is 0 Å². The van der Waals surface area contributed by atoms with Gasteiger partial charge in [-0.1, -0.05) is 75.9 Å². The number of carbonyl (C=O) groups excluding carboxylic acids is 1. The Kier molecular flexibility index (Phi) is 8.98. The number of fused-ring (bicyclic) bond motifs is 6. The average molecular weight is 662 g/mol. The van der Waals surface area contributed by atoms with Crippen molar-refractivity contribution in [3.05, 3.63) is 120 Å². The zero-order valence-electron chi connectivity index (χ0n) is 28.4. The van der Waals surface area contributed by atoms with E-state index in [9.17, 15) is 4.79 Å². The fourth-order valence-corrected chi connectivity index (χ4v) is 6.86. The van der Waals surface area contributed by atoms with E-state index in [2.05, 4.69) is 105 Å². The molecule has 8 bridgehead atoms. The summed E-state index contributed by atoms with van der Waals surface area (Å²) < 4.78 is 5.61. The molecule has 0 N–H and O–H groups in total. The predicted molar refractivity (Wildman–Crippen MR) is 185 cm³/mol. The first-order chi connectivity index (χ1) is 21.4. The topological polar surface area (TPSA) is 79.2 Å². The van der Waals surface area contributed by atoms with Crippen LogP contribution in [0.15, 0.2) is 90.9 Å². The third-order valence-electron chi connectivity index (χ3n) is 10.3. The number of ether oxygens (including phenoxy) is 1. The van der Waals surface area contributed by atoms with Gasteiger partial charge in [-0.25, -0.2) is 4.99 Å². The van der Waals surface area contributed by atoms with Crippen LogP contribution in [0.4, 0.5) is 0 Å². The van der Waals surface area contributed by atoms with Gasteiger partial charge in [0.25, 0.3) is 0 Å². The number of benzene rings is 1. The number of aromatic nitrogens is 1. The molecule has 0 fully saturated rings. The zero-order chi connectivity index (χ0) is 32.4. The summed E-state index contributed by atoms with van der Waals surface area (Å²) in [4.78, 5) is 29.0. The maximum atomic E-state index is 13.5. The molecule has 0 saturated carbocycles. The quantitative estimate of drug-likeness (QED) is 0.242. The van der Waals surface area contributed by atoms with Crippen LogP contribution in [0.2, 0.25) is 0 Å². The Balaban J connectivity index is 0.00000417. The van der Waals surface area contributed by atoms with Gasteiger partial charge in [-0.15, -0.1) is 17.1 Å². The third-order valence-corrected chi connectivity index (χ3v) is 10.3. The fraction of sp³-hybridized carbons (Fsp3) is 0.359. The van der Waals surface area contributed by atoms with Crippen molar-refractivity contribution in [1.82, 2.24) is 4.98 Å². The van der Waals surface area contributed by atoms with Gasteiger partial charge in [0, 0.05) is 12.3 Å². The summed E-state index contributed by atoms with van der Waals surface area (Å²) in [5.41, 5.74) is 16.3. The van der Waals surface area contributed by atoms with Crippen molar-refractivity contribution in [1.29, 1.82) is 0 Å². The molecule has 1 aromatic heterocycles. The summed E-state index contributed by atoms with van der Waals surface area (Å²) in [5, 5.41) is 5.54. The molecule has 6 rings (SSSR count). The van der Waals surface area contributed by atoms with E-state index in [1.54, 1.807) is 0 Å². The first-order valence-electron chi connectivity index (χ1n) is 15.8. The molecule has 0 saturated heterocycles. The van der Waals surface area contributed by atoms with E-state index in [1.807, 2.05) is 6.92 Å². The molecule has 6 nitrogen and oxygen atoms in total. The number of hydrogen-bond acceptors (Lipinski definition) is 4. The third kappa shape index (κ3) is 5.34. The SMILES string of the molecule is CCOC(=O)C[C@]12[N-]/C(=C\C3=NC(=C\c4[n-]c(c(C)c4C)/C=C4\N=C(C(C)=C4C)[C@H]1c1ccc(C)cc1)/C(C)=C3C)C(C)=C2C.[Cu+2]. The molecule has 2 aromatic rings. The molecular weight excluding hydrogens is 620 g/mol. The molecule has 5 heterocycles. The van der Waals surface area contributed by atoms with Crippen LogP contribution < -0.4 is 4.98 Å². The van der Waals surface area contributed by atoms with E-state index in [1.165, 1.54) is 5.56 Å². The molecule has 0 amide bonds. The van der Waals surface area contributed by atoms with Crippen molar-refractivity contribution in [2.45, 2.75) is 87.1 Å². The average Bonchev–Trinajstić information content (AvgIpc) is 3.61. The van der Waals surface area contributed by atoms with Gasteiger partial charge < -0.3 is 15.0 Å². The van der Waals surface area contributed by atoms with Gasteiger partial charge in [-0.3, -0.25) is 9.79 Å². The number of aryl methyl sites for hydroxylation is 1. The fourth-order valence-electron chi connectivity index (χ4n) is 6.86. The number of hydrogen-bond donors (Lipinski definition) is 0. The molecule has 0 unspecified atom stereocenters. The number of allylic oxidation sites excluding steroid dienone is 6. The number of esters is 1. The van der Waals surface area contributed by atoms with Crippen LogP contribution in [-0.2, 0) is 26.6 Å². The maximum absolute atomic E-state index is 13.5. The molecular formula is C39H42CuN4O2. The van der Waals surface area contributed by atoms with Gasteiger partial charge in [0.2, 0.25) is 0 Å². The molecule has 1 radical (unpaired) electrons. The molecule has 46 heavy (non-hydrogen) atoms. The Morgan fingerprint density at radius 3 is 1.98 bits per heavy atom. The Hall–Kier alpha value is -3.93. The molecule has 1 aromatic carbocycles. The van der Waals surface area contributed by atoms with Crippen LogP contribution in [0.5, 0.6) is 0 Å². The molecule has 0 spiro atoms. The van der Waals surface area contributed by atoms with Crippen molar-refractivity contribution in [2.75, 3.05) is 6.61 Å². The molecule has 4 aliphatic heterocycles. The second kappa shape index (κ2) is 12.4. The predicted octanol–water partition coefficient (Wildman–Crippen LogP) is 8.93. The first-order valence-corrected chi connectivity index (χ1v) is 15.8. The maximum Gasteiger partial charge on any atom is 2.00 e. The van der Waals surface area contributed by atoms with Crippen LogP contribution in [-0.4, -0.2) is 29.5 Å². The van der Waals surface area contributed by atoms with Gasteiger partial charge in [0.05, 0.1) is 29.4 Å². The van der Waals surface area contributed by atoms with E-state index in [0.717, 1.165) is 90.0 Å². The minimum absolute atomic E-state index is 0. The van der Waals surface area contributed by atoms with Gasteiger partial charge in [0.1, 0.15) is 0 Å². The summed E-state index contributed by atoms with van der Waals surface area (Å²) in [6.07, 6.45) is 6.38. The van der Waals surface area contributed by atoms with E-state index < -0.39 is 5.54 Å². The van der Waals surface area contributed by atoms with Crippen LogP contribution in [0.1, 0.15) is 94.4 Å². The Labute approximate surface area is 283 Å². The van der Waals surface area contributed by atoms with Gasteiger partial charge in [-0.2, -0.15) is 0 Å². The van der Waals surface area contributed by atoms with Crippen molar-refractivity contribution < 1.29 is 26.6 Å². The number of aliphatic imine (C=N–C) groups is 2. The summed E-state index contributed by atoms with van der Waals surface area (Å²) in [6.45, 7) is 21.2. The van der Waals surface area contributed by atoms with Crippen molar-refractivity contribution in [3.8, 4) is 0 Å². The van der Waals surface area contributed by atoms with Crippen molar-refractivity contribution in [2.24, 2.45) is 9.98 Å². The standard InChI is InChI=1S/C39H42N4O2.Cu/c1-11-45-36(44)19-39-28(10)27(9)35(43-39)18-33-24(6)23(5)31(41-33)16-30-21(3)22(4)32(40-30)17-34-25(7)26(8)38(42-34)37(39)29-14-12-20(2)13-15-29;/h12-18,37H,11,19H2,1-10H3;/q-2;+2/t37-,39-;/m1./s1. The zero-order valence-corrected chi connectivity index (χ0v) is 29.4. The van der Waals surface area contributed by atoms with Crippen LogP contribution in [0.3, 0.4) is 0 Å². The minimum atomic E-state index is -0.937. The van der Waals surface area contributed by atoms with Crippen LogP contribution >= 0.6 is 0 Å². The summed E-state index contributed by atoms with van der Waals surface area (Å²) in [6, 6.07) is 8.57. The minimum Gasteiger partial charge on any atom is -0.674 e. The van der Waals surface area contributed by atoms with Crippen LogP contribution in [0.25, 0.3) is 17.5 Å². The number of rotatable bonds is 4. The molecule has 7 heteroatoms. The second-order valence-corrected chi connectivity index (χ2v) is 12.8. The number of carbonyl (C=O) groups is 1. The van der Waals surface area contributed by atoms with Gasteiger partial charge in [-0.05, 0) is 97.1 Å². The Morgan fingerprint density at radius 2 is 1.37 bits per heavy atom. The van der Waals surface area contributed by atoms with E-state index in [0.29, 0.717) is 6.61 Å². The second-order valence-electron chi connectivity index (χ2n) is 12.8. The summed E-state index contributed by atoms with van der Waals surface area (Å²) in [7, 11) is 0. The monoisotopic (exact) mass is 661 g/mol. The Morgan fingerprint density at radius 1 is 0.783 bits per heavy atom. The largest absolute Gasteiger partial charge is 2.00 e. The van der Waals surface area contributed by atoms with Crippen LogP contribution in [0, 0.1) is 20.8 Å². The number of nitrogens with zero attached hydrogens (tertiary/aromatic N) is 4. The van der Waals surface area contributed by atoms with Gasteiger partial charge >= 0.3 is 23.0 Å². The first kappa shape index (κ1) is 33.4. The molecule has 4 aliphatic rings. The summed E-state index contributed by atoms with van der Waals surface area (Å²) >= 11 is 0.